The van der Waals surface area contributed by atoms with E-state index in [9.17, 15) is 14.4 Å². The number of carbonyl (C=O) groups excluding carboxylic acids is 3. The SMILES string of the molecule is COC(=O)C(NC(=O)c1ccccc1)(C(=O)OC)C1CCCCO1. The molecule has 1 amide bonds. The van der Waals surface area contributed by atoms with E-state index in [0.29, 0.717) is 18.6 Å². The van der Waals surface area contributed by atoms with Crippen LogP contribution in [0.5, 0.6) is 0 Å². The Labute approximate surface area is 140 Å². The molecule has 1 N–H and O–H groups in total. The van der Waals surface area contributed by atoms with E-state index in [1.54, 1.807) is 30.3 Å². The highest BCUT2D eigenvalue weighted by atomic mass is 16.6. The van der Waals surface area contributed by atoms with E-state index in [1.807, 2.05) is 0 Å². The lowest BCUT2D eigenvalue weighted by Crippen LogP contribution is -2.68. The first-order valence-corrected chi connectivity index (χ1v) is 7.72. The molecule has 1 fully saturated rings. The second kappa shape index (κ2) is 7.92. The molecular formula is C17H21NO6. The van der Waals surface area contributed by atoms with Gasteiger partial charge in [0.25, 0.3) is 11.4 Å². The number of amides is 1. The predicted octanol–water partition coefficient (Wildman–Crippen LogP) is 1.07. The summed E-state index contributed by atoms with van der Waals surface area (Å²) in [5.41, 5.74) is -1.72. The van der Waals surface area contributed by atoms with E-state index in [2.05, 4.69) is 5.32 Å². The summed E-state index contributed by atoms with van der Waals surface area (Å²) in [6.45, 7) is 0.390. The summed E-state index contributed by atoms with van der Waals surface area (Å²) in [6, 6.07) is 8.29. The predicted molar refractivity (Wildman–Crippen MR) is 84.3 cm³/mol. The molecule has 1 aliphatic heterocycles. The van der Waals surface area contributed by atoms with Crippen LogP contribution in [0.1, 0.15) is 29.6 Å². The average Bonchev–Trinajstić information content (AvgIpc) is 2.66. The fourth-order valence-electron chi connectivity index (χ4n) is 2.77. The minimum Gasteiger partial charge on any atom is -0.467 e. The van der Waals surface area contributed by atoms with Crippen molar-refractivity contribution in [1.29, 1.82) is 0 Å². The molecule has 7 heteroatoms. The normalized spacial score (nSPS) is 17.7. The lowest BCUT2D eigenvalue weighted by Gasteiger charge is -2.37. The number of carbonyl (C=O) groups is 3. The zero-order valence-electron chi connectivity index (χ0n) is 13.7. The molecule has 0 bridgehead atoms. The number of rotatable bonds is 5. The number of esters is 2. The van der Waals surface area contributed by atoms with Crippen LogP contribution in [0.15, 0.2) is 30.3 Å². The highest BCUT2D eigenvalue weighted by Gasteiger charge is 2.57. The molecule has 1 aromatic rings. The molecule has 0 spiro atoms. The first-order chi connectivity index (χ1) is 11.6. The van der Waals surface area contributed by atoms with Crippen molar-refractivity contribution in [1.82, 2.24) is 5.32 Å². The summed E-state index contributed by atoms with van der Waals surface area (Å²) in [4.78, 5) is 37.5. The first kappa shape index (κ1) is 17.9. The second-order valence-corrected chi connectivity index (χ2v) is 5.47. The fourth-order valence-corrected chi connectivity index (χ4v) is 2.77. The minimum atomic E-state index is -2.03. The Hall–Kier alpha value is -2.41. The van der Waals surface area contributed by atoms with E-state index < -0.39 is 29.5 Å². The van der Waals surface area contributed by atoms with Gasteiger partial charge in [-0.15, -0.1) is 0 Å². The van der Waals surface area contributed by atoms with Gasteiger partial charge in [-0.1, -0.05) is 18.2 Å². The average molecular weight is 335 g/mol. The standard InChI is InChI=1S/C17H21NO6/c1-22-15(20)17(16(21)23-2,13-10-6-7-11-24-13)18-14(19)12-8-4-3-5-9-12/h3-5,8-9,13H,6-7,10-11H2,1-2H3,(H,18,19). The maximum absolute atomic E-state index is 12.6. The largest absolute Gasteiger partial charge is 0.467 e. The van der Waals surface area contributed by atoms with Crippen LogP contribution in [-0.2, 0) is 23.8 Å². The van der Waals surface area contributed by atoms with Gasteiger partial charge in [-0.25, -0.2) is 9.59 Å². The molecule has 0 aliphatic carbocycles. The molecule has 0 saturated carbocycles. The van der Waals surface area contributed by atoms with Crippen LogP contribution in [0.3, 0.4) is 0 Å². The van der Waals surface area contributed by atoms with Crippen molar-refractivity contribution in [2.24, 2.45) is 0 Å². The summed E-state index contributed by atoms with van der Waals surface area (Å²) < 4.78 is 15.2. The van der Waals surface area contributed by atoms with Gasteiger partial charge in [-0.2, -0.15) is 0 Å². The second-order valence-electron chi connectivity index (χ2n) is 5.47. The lowest BCUT2D eigenvalue weighted by atomic mass is 9.86. The summed E-state index contributed by atoms with van der Waals surface area (Å²) in [6.07, 6.45) is 1.17. The molecule has 1 unspecified atom stereocenters. The van der Waals surface area contributed by atoms with E-state index in [0.717, 1.165) is 27.1 Å². The van der Waals surface area contributed by atoms with Gasteiger partial charge in [0.05, 0.1) is 14.2 Å². The molecule has 0 aromatic heterocycles. The highest BCUT2D eigenvalue weighted by Crippen LogP contribution is 2.27. The van der Waals surface area contributed by atoms with Crippen molar-refractivity contribution in [2.75, 3.05) is 20.8 Å². The number of hydrogen-bond donors (Lipinski definition) is 1. The Morgan fingerprint density at radius 3 is 2.21 bits per heavy atom. The maximum Gasteiger partial charge on any atom is 0.346 e. The van der Waals surface area contributed by atoms with Crippen LogP contribution >= 0.6 is 0 Å². The van der Waals surface area contributed by atoms with E-state index in [-0.39, 0.29) is 0 Å². The number of ether oxygens (including phenoxy) is 3. The van der Waals surface area contributed by atoms with Crippen molar-refractivity contribution in [2.45, 2.75) is 30.9 Å². The smallest absolute Gasteiger partial charge is 0.346 e. The molecular weight excluding hydrogens is 314 g/mol. The monoisotopic (exact) mass is 335 g/mol. The summed E-state index contributed by atoms with van der Waals surface area (Å²) >= 11 is 0. The molecule has 24 heavy (non-hydrogen) atoms. The molecule has 1 heterocycles. The topological polar surface area (TPSA) is 90.9 Å². The number of benzene rings is 1. The van der Waals surface area contributed by atoms with Gasteiger partial charge in [-0.3, -0.25) is 4.79 Å². The first-order valence-electron chi connectivity index (χ1n) is 7.72. The molecule has 1 saturated heterocycles. The molecule has 7 nitrogen and oxygen atoms in total. The minimum absolute atomic E-state index is 0.311. The van der Waals surface area contributed by atoms with Crippen molar-refractivity contribution in [3.8, 4) is 0 Å². The van der Waals surface area contributed by atoms with Crippen LogP contribution < -0.4 is 5.32 Å². The number of nitrogens with one attached hydrogen (secondary N) is 1. The number of hydrogen-bond acceptors (Lipinski definition) is 6. The summed E-state index contributed by atoms with van der Waals surface area (Å²) in [5.74, 6) is -2.41. The van der Waals surface area contributed by atoms with Gasteiger partial charge in [0.1, 0.15) is 6.10 Å². The molecule has 130 valence electrons. The Morgan fingerprint density at radius 2 is 1.71 bits per heavy atom. The van der Waals surface area contributed by atoms with Crippen molar-refractivity contribution in [3.05, 3.63) is 35.9 Å². The molecule has 1 aromatic carbocycles. The van der Waals surface area contributed by atoms with Gasteiger partial charge >= 0.3 is 11.9 Å². The molecule has 1 aliphatic rings. The summed E-state index contributed by atoms with van der Waals surface area (Å²) in [5, 5.41) is 2.50. The molecule has 2 rings (SSSR count). The molecule has 0 radical (unpaired) electrons. The number of methoxy groups -OCH3 is 2. The highest BCUT2D eigenvalue weighted by molar-refractivity contribution is 6.10. The Bertz CT molecular complexity index is 578. The van der Waals surface area contributed by atoms with Crippen LogP contribution in [0, 0.1) is 0 Å². The van der Waals surface area contributed by atoms with Crippen molar-refractivity contribution in [3.63, 3.8) is 0 Å². The molecule has 1 atom stereocenters. The zero-order valence-corrected chi connectivity index (χ0v) is 13.7. The van der Waals surface area contributed by atoms with Crippen molar-refractivity contribution < 1.29 is 28.6 Å². The Kier molecular flexibility index (Phi) is 5.92. The van der Waals surface area contributed by atoms with Gasteiger partial charge in [-0.05, 0) is 31.4 Å². The summed E-state index contributed by atoms with van der Waals surface area (Å²) in [7, 11) is 2.30. The lowest BCUT2D eigenvalue weighted by molar-refractivity contribution is -0.174. The zero-order chi connectivity index (χ0) is 17.6. The van der Waals surface area contributed by atoms with E-state index in [1.165, 1.54) is 0 Å². The van der Waals surface area contributed by atoms with Crippen molar-refractivity contribution >= 4 is 17.8 Å². The van der Waals surface area contributed by atoms with Crippen LogP contribution in [-0.4, -0.2) is 50.3 Å². The van der Waals surface area contributed by atoms with Gasteiger partial charge in [0, 0.05) is 12.2 Å². The fraction of sp³-hybridized carbons (Fsp3) is 0.471. The van der Waals surface area contributed by atoms with E-state index >= 15 is 0 Å². The third-order valence-corrected chi connectivity index (χ3v) is 4.02. The van der Waals surface area contributed by atoms with Crippen LogP contribution in [0.4, 0.5) is 0 Å². The quantitative estimate of drug-likeness (QED) is 0.639. The Morgan fingerprint density at radius 1 is 1.08 bits per heavy atom. The van der Waals surface area contributed by atoms with E-state index in [4.69, 9.17) is 14.2 Å². The third kappa shape index (κ3) is 3.41. The van der Waals surface area contributed by atoms with Crippen LogP contribution in [0.25, 0.3) is 0 Å². The van der Waals surface area contributed by atoms with Gasteiger partial charge in [0.15, 0.2) is 0 Å². The Balaban J connectivity index is 2.41. The van der Waals surface area contributed by atoms with Crippen LogP contribution in [0.2, 0.25) is 0 Å². The maximum atomic E-state index is 12.6. The van der Waals surface area contributed by atoms with Gasteiger partial charge < -0.3 is 19.5 Å². The third-order valence-electron chi connectivity index (χ3n) is 4.02. The van der Waals surface area contributed by atoms with Gasteiger partial charge in [0.2, 0.25) is 0 Å².